The maximum absolute atomic E-state index is 9.99. The topological polar surface area (TPSA) is 38.7 Å². The maximum atomic E-state index is 9.99. The van der Waals surface area contributed by atoms with Gasteiger partial charge in [0.1, 0.15) is 5.75 Å². The molecule has 3 unspecified atom stereocenters. The van der Waals surface area contributed by atoms with Crippen molar-refractivity contribution in [2.45, 2.75) is 45.2 Å². The van der Waals surface area contributed by atoms with Crippen LogP contribution in [0.2, 0.25) is 0 Å². The Balaban J connectivity index is 1.82. The second kappa shape index (κ2) is 8.32. The number of piperazine rings is 1. The summed E-state index contributed by atoms with van der Waals surface area (Å²) in [5, 5.41) is 13.5. The fourth-order valence-electron chi connectivity index (χ4n) is 4.40. The lowest BCUT2D eigenvalue weighted by atomic mass is 9.96. The van der Waals surface area contributed by atoms with E-state index in [0.29, 0.717) is 17.8 Å². The van der Waals surface area contributed by atoms with Gasteiger partial charge in [0.05, 0.1) is 0 Å². The van der Waals surface area contributed by atoms with Crippen molar-refractivity contribution in [3.8, 4) is 5.75 Å². The number of phenolic OH excluding ortho intramolecular Hbond substituents is 1. The number of likely N-dealkylation sites (tertiary alicyclic amines) is 1. The Morgan fingerprint density at radius 3 is 2.96 bits per heavy atom. The minimum absolute atomic E-state index is 0.370. The molecule has 0 aliphatic carbocycles. The second-order valence-electron chi connectivity index (χ2n) is 7.62. The van der Waals surface area contributed by atoms with Crippen LogP contribution >= 0.6 is 0 Å². The molecule has 134 valence electrons. The van der Waals surface area contributed by atoms with E-state index in [4.69, 9.17) is 0 Å². The smallest absolute Gasteiger partial charge is 0.115 e. The third kappa shape index (κ3) is 4.29. The zero-order valence-electron chi connectivity index (χ0n) is 15.2. The predicted octanol–water partition coefficient (Wildman–Crippen LogP) is 2.85. The van der Waals surface area contributed by atoms with Gasteiger partial charge in [-0.05, 0) is 49.4 Å². The van der Waals surface area contributed by atoms with Gasteiger partial charge < -0.3 is 15.3 Å². The van der Waals surface area contributed by atoms with Gasteiger partial charge in [0.25, 0.3) is 0 Å². The summed E-state index contributed by atoms with van der Waals surface area (Å²) < 4.78 is 0. The molecule has 0 radical (unpaired) electrons. The minimum atomic E-state index is 0.370. The van der Waals surface area contributed by atoms with Gasteiger partial charge in [-0.25, -0.2) is 0 Å². The zero-order valence-corrected chi connectivity index (χ0v) is 15.2. The molecule has 24 heavy (non-hydrogen) atoms. The molecule has 2 heterocycles. The van der Waals surface area contributed by atoms with Crippen LogP contribution in [0, 0.1) is 5.92 Å². The van der Waals surface area contributed by atoms with Crippen LogP contribution < -0.4 is 5.32 Å². The lowest BCUT2D eigenvalue weighted by Crippen LogP contribution is -2.54. The number of hydrogen-bond donors (Lipinski definition) is 2. The van der Waals surface area contributed by atoms with E-state index in [1.54, 1.807) is 6.07 Å². The Bertz CT molecular complexity index is 521. The van der Waals surface area contributed by atoms with E-state index in [0.717, 1.165) is 32.1 Å². The first-order chi connectivity index (χ1) is 11.7. The standard InChI is InChI=1S/C20H33N3O/c1-3-18-13-21-9-11-23(18)20(17-7-4-8-19(24)12-17)15-22-10-5-6-16(2)14-22/h4,7-8,12,16,18,20-21,24H,3,5-6,9-11,13-15H2,1-2H3. The normalized spacial score (nSPS) is 27.9. The molecule has 0 spiro atoms. The van der Waals surface area contributed by atoms with Crippen molar-refractivity contribution >= 4 is 0 Å². The van der Waals surface area contributed by atoms with Crippen molar-refractivity contribution in [2.75, 3.05) is 39.3 Å². The molecule has 2 N–H and O–H groups in total. The first kappa shape index (κ1) is 17.7. The first-order valence-corrected chi connectivity index (χ1v) is 9.65. The van der Waals surface area contributed by atoms with Crippen molar-refractivity contribution in [1.82, 2.24) is 15.1 Å². The molecule has 1 aromatic rings. The highest BCUT2D eigenvalue weighted by Gasteiger charge is 2.31. The molecular weight excluding hydrogens is 298 g/mol. The Morgan fingerprint density at radius 2 is 2.21 bits per heavy atom. The molecule has 1 aromatic carbocycles. The molecule has 4 nitrogen and oxygen atoms in total. The summed E-state index contributed by atoms with van der Waals surface area (Å²) in [5.41, 5.74) is 1.26. The van der Waals surface area contributed by atoms with Crippen LogP contribution in [0.25, 0.3) is 0 Å². The molecule has 2 saturated heterocycles. The summed E-state index contributed by atoms with van der Waals surface area (Å²) >= 11 is 0. The molecule has 0 bridgehead atoms. The highest BCUT2D eigenvalue weighted by Crippen LogP contribution is 2.29. The number of phenols is 1. The summed E-state index contributed by atoms with van der Waals surface area (Å²) in [7, 11) is 0. The maximum Gasteiger partial charge on any atom is 0.115 e. The first-order valence-electron chi connectivity index (χ1n) is 9.65. The molecule has 0 aromatic heterocycles. The SMILES string of the molecule is CCC1CNCCN1C(CN1CCCC(C)C1)c1cccc(O)c1. The second-order valence-corrected chi connectivity index (χ2v) is 7.62. The Morgan fingerprint density at radius 1 is 1.33 bits per heavy atom. The molecule has 2 aliphatic rings. The molecule has 2 fully saturated rings. The third-order valence-corrected chi connectivity index (χ3v) is 5.69. The van der Waals surface area contributed by atoms with Gasteiger partial charge >= 0.3 is 0 Å². The number of nitrogens with zero attached hydrogens (tertiary/aromatic N) is 2. The number of nitrogens with one attached hydrogen (secondary N) is 1. The van der Waals surface area contributed by atoms with Gasteiger partial charge in [0, 0.05) is 44.8 Å². The van der Waals surface area contributed by atoms with E-state index in [1.165, 1.54) is 37.9 Å². The number of piperidine rings is 1. The van der Waals surface area contributed by atoms with Crippen molar-refractivity contribution in [2.24, 2.45) is 5.92 Å². The largest absolute Gasteiger partial charge is 0.508 e. The van der Waals surface area contributed by atoms with E-state index < -0.39 is 0 Å². The number of benzene rings is 1. The zero-order chi connectivity index (χ0) is 16.9. The van der Waals surface area contributed by atoms with Crippen LogP contribution in [-0.4, -0.2) is 60.2 Å². The molecule has 3 atom stereocenters. The Hall–Kier alpha value is -1.10. The Labute approximate surface area is 146 Å². The Kier molecular flexibility index (Phi) is 6.14. The summed E-state index contributed by atoms with van der Waals surface area (Å²) in [6, 6.07) is 8.86. The van der Waals surface area contributed by atoms with Gasteiger partial charge in [-0.2, -0.15) is 0 Å². The van der Waals surface area contributed by atoms with Gasteiger partial charge in [-0.1, -0.05) is 26.0 Å². The van der Waals surface area contributed by atoms with Crippen molar-refractivity contribution in [3.05, 3.63) is 29.8 Å². The monoisotopic (exact) mass is 331 g/mol. The van der Waals surface area contributed by atoms with Gasteiger partial charge in [0.15, 0.2) is 0 Å². The predicted molar refractivity (Wildman–Crippen MR) is 99.3 cm³/mol. The highest BCUT2D eigenvalue weighted by molar-refractivity contribution is 5.30. The van der Waals surface area contributed by atoms with Gasteiger partial charge in [0.2, 0.25) is 0 Å². The highest BCUT2D eigenvalue weighted by atomic mass is 16.3. The van der Waals surface area contributed by atoms with Crippen molar-refractivity contribution in [3.63, 3.8) is 0 Å². The fraction of sp³-hybridized carbons (Fsp3) is 0.700. The van der Waals surface area contributed by atoms with E-state index >= 15 is 0 Å². The lowest BCUT2D eigenvalue weighted by Gasteiger charge is -2.44. The van der Waals surface area contributed by atoms with Crippen LogP contribution in [0.1, 0.15) is 44.7 Å². The van der Waals surface area contributed by atoms with Crippen LogP contribution in [0.15, 0.2) is 24.3 Å². The summed E-state index contributed by atoms with van der Waals surface area (Å²) in [6.45, 7) is 11.4. The average molecular weight is 332 g/mol. The molecule has 0 amide bonds. The number of aromatic hydroxyl groups is 1. The third-order valence-electron chi connectivity index (χ3n) is 5.69. The van der Waals surface area contributed by atoms with E-state index in [2.05, 4.69) is 35.0 Å². The molecule has 0 saturated carbocycles. The van der Waals surface area contributed by atoms with Gasteiger partial charge in [-0.15, -0.1) is 0 Å². The van der Waals surface area contributed by atoms with Crippen molar-refractivity contribution < 1.29 is 5.11 Å². The molecular formula is C20H33N3O. The number of rotatable bonds is 5. The lowest BCUT2D eigenvalue weighted by molar-refractivity contribution is 0.0618. The van der Waals surface area contributed by atoms with E-state index in [9.17, 15) is 5.11 Å². The molecule has 2 aliphatic heterocycles. The van der Waals surface area contributed by atoms with Gasteiger partial charge in [-0.3, -0.25) is 4.90 Å². The van der Waals surface area contributed by atoms with Crippen LogP contribution in [-0.2, 0) is 0 Å². The van der Waals surface area contributed by atoms with Crippen LogP contribution in [0.3, 0.4) is 0 Å². The summed E-state index contributed by atoms with van der Waals surface area (Å²) in [6.07, 6.45) is 3.84. The molecule has 3 rings (SSSR count). The average Bonchev–Trinajstić information content (AvgIpc) is 2.60. The quantitative estimate of drug-likeness (QED) is 0.870. The van der Waals surface area contributed by atoms with Crippen LogP contribution in [0.5, 0.6) is 5.75 Å². The minimum Gasteiger partial charge on any atom is -0.508 e. The van der Waals surface area contributed by atoms with Crippen molar-refractivity contribution in [1.29, 1.82) is 0 Å². The molecule has 4 heteroatoms. The number of hydrogen-bond acceptors (Lipinski definition) is 4. The van der Waals surface area contributed by atoms with E-state index in [1.807, 2.05) is 12.1 Å². The van der Waals surface area contributed by atoms with E-state index in [-0.39, 0.29) is 0 Å². The summed E-state index contributed by atoms with van der Waals surface area (Å²) in [4.78, 5) is 5.31. The van der Waals surface area contributed by atoms with Crippen LogP contribution in [0.4, 0.5) is 0 Å². The fourth-order valence-corrected chi connectivity index (χ4v) is 4.40. The summed E-state index contributed by atoms with van der Waals surface area (Å²) in [5.74, 6) is 1.18.